The molecule has 0 aliphatic rings. The number of aryl methyl sites for hydroxylation is 1. The topological polar surface area (TPSA) is 48.1 Å². The summed E-state index contributed by atoms with van der Waals surface area (Å²) in [5.74, 6) is 0.844. The Morgan fingerprint density at radius 2 is 2.12 bits per heavy atom. The van der Waals surface area contributed by atoms with Gasteiger partial charge in [-0.05, 0) is 38.1 Å². The van der Waals surface area contributed by atoms with Crippen LogP contribution in [0.3, 0.4) is 0 Å². The number of aromatic nitrogens is 1. The average molecular weight is 216 g/mol. The summed E-state index contributed by atoms with van der Waals surface area (Å²) in [6.07, 6.45) is 0.0378. The first-order valence-corrected chi connectivity index (χ1v) is 5.43. The van der Waals surface area contributed by atoms with Crippen molar-refractivity contribution in [3.63, 3.8) is 0 Å². The number of benzene rings is 1. The zero-order valence-corrected chi connectivity index (χ0v) is 9.60. The molecule has 2 aromatic rings. The first-order chi connectivity index (χ1) is 7.69. The van der Waals surface area contributed by atoms with Gasteiger partial charge in [0.15, 0.2) is 0 Å². The molecular weight excluding hydrogens is 200 g/mol. The molecule has 1 aromatic heterocycles. The van der Waals surface area contributed by atoms with Crippen LogP contribution in [0.4, 0.5) is 0 Å². The number of pyridine rings is 1. The van der Waals surface area contributed by atoms with Gasteiger partial charge >= 0.3 is 0 Å². The molecule has 0 aliphatic heterocycles. The molecule has 1 aromatic carbocycles. The monoisotopic (exact) mass is 216 g/mol. The summed E-state index contributed by atoms with van der Waals surface area (Å²) in [6, 6.07) is 9.95. The van der Waals surface area contributed by atoms with Gasteiger partial charge in [0.2, 0.25) is 0 Å². The fraction of sp³-hybridized carbons (Fsp3) is 0.308. The Labute approximate surface area is 95.2 Å². The van der Waals surface area contributed by atoms with E-state index in [-0.39, 0.29) is 6.10 Å². The van der Waals surface area contributed by atoms with E-state index in [1.165, 1.54) is 0 Å². The van der Waals surface area contributed by atoms with Crippen LogP contribution in [0.15, 0.2) is 30.3 Å². The van der Waals surface area contributed by atoms with Crippen LogP contribution < -0.4 is 10.5 Å². The lowest BCUT2D eigenvalue weighted by molar-refractivity contribution is 0.230. The zero-order chi connectivity index (χ0) is 11.5. The van der Waals surface area contributed by atoms with E-state index in [1.807, 2.05) is 38.1 Å². The summed E-state index contributed by atoms with van der Waals surface area (Å²) in [5.41, 5.74) is 7.53. The van der Waals surface area contributed by atoms with Gasteiger partial charge in [0, 0.05) is 17.6 Å². The number of fused-ring (bicyclic) bond motifs is 1. The second kappa shape index (κ2) is 4.49. The molecule has 3 heteroatoms. The maximum absolute atomic E-state index is 5.65. The maximum Gasteiger partial charge on any atom is 0.120 e. The van der Waals surface area contributed by atoms with Gasteiger partial charge in [0.1, 0.15) is 11.9 Å². The van der Waals surface area contributed by atoms with Crippen molar-refractivity contribution in [3.8, 4) is 5.75 Å². The zero-order valence-electron chi connectivity index (χ0n) is 9.60. The van der Waals surface area contributed by atoms with Gasteiger partial charge in [0.05, 0.1) is 5.52 Å². The molecule has 0 amide bonds. The standard InChI is InChI=1S/C13H16N2O/c1-9-3-4-11-7-12(16-10(2)8-14)5-6-13(11)15-9/h3-7,10H,8,14H2,1-2H3. The maximum atomic E-state index is 5.65. The minimum atomic E-state index is 0.0378. The molecular formula is C13H16N2O. The molecule has 1 unspecified atom stereocenters. The molecule has 1 atom stereocenters. The van der Waals surface area contributed by atoms with Crippen molar-refractivity contribution in [2.75, 3.05) is 6.54 Å². The highest BCUT2D eigenvalue weighted by Crippen LogP contribution is 2.20. The quantitative estimate of drug-likeness (QED) is 0.856. The first kappa shape index (κ1) is 10.9. The lowest BCUT2D eigenvalue weighted by Gasteiger charge is -2.12. The molecule has 0 saturated carbocycles. The Balaban J connectivity index is 2.33. The molecule has 0 fully saturated rings. The molecule has 1 heterocycles. The predicted octanol–water partition coefficient (Wildman–Crippen LogP) is 2.27. The molecule has 0 spiro atoms. The first-order valence-electron chi connectivity index (χ1n) is 5.43. The van der Waals surface area contributed by atoms with E-state index in [9.17, 15) is 0 Å². The molecule has 0 aliphatic carbocycles. The number of hydrogen-bond donors (Lipinski definition) is 1. The van der Waals surface area contributed by atoms with Crippen molar-refractivity contribution in [2.45, 2.75) is 20.0 Å². The third-order valence-corrected chi connectivity index (χ3v) is 2.47. The molecule has 0 saturated heterocycles. The van der Waals surface area contributed by atoms with Gasteiger partial charge in [-0.2, -0.15) is 0 Å². The highest BCUT2D eigenvalue weighted by molar-refractivity contribution is 5.80. The number of ether oxygens (including phenoxy) is 1. The number of rotatable bonds is 3. The van der Waals surface area contributed by atoms with E-state index in [0.29, 0.717) is 6.54 Å². The summed E-state index contributed by atoms with van der Waals surface area (Å²) in [6.45, 7) is 4.46. The highest BCUT2D eigenvalue weighted by Gasteiger charge is 2.02. The molecule has 16 heavy (non-hydrogen) atoms. The van der Waals surface area contributed by atoms with Crippen LogP contribution >= 0.6 is 0 Å². The van der Waals surface area contributed by atoms with Crippen molar-refractivity contribution in [2.24, 2.45) is 5.73 Å². The van der Waals surface area contributed by atoms with Gasteiger partial charge in [-0.3, -0.25) is 4.98 Å². The molecule has 0 bridgehead atoms. The van der Waals surface area contributed by atoms with Crippen molar-refractivity contribution < 1.29 is 4.74 Å². The summed E-state index contributed by atoms with van der Waals surface area (Å²) >= 11 is 0. The number of nitrogens with zero attached hydrogens (tertiary/aromatic N) is 1. The summed E-state index contributed by atoms with van der Waals surface area (Å²) < 4.78 is 5.65. The Hall–Kier alpha value is -1.61. The van der Waals surface area contributed by atoms with Gasteiger partial charge in [0.25, 0.3) is 0 Å². The van der Waals surface area contributed by atoms with Crippen LogP contribution in [0, 0.1) is 6.92 Å². The van der Waals surface area contributed by atoms with E-state index in [0.717, 1.165) is 22.3 Å². The van der Waals surface area contributed by atoms with Crippen LogP contribution in [0.5, 0.6) is 5.75 Å². The average Bonchev–Trinajstić information content (AvgIpc) is 2.29. The van der Waals surface area contributed by atoms with Crippen molar-refractivity contribution in [1.29, 1.82) is 0 Å². The van der Waals surface area contributed by atoms with E-state index in [1.54, 1.807) is 0 Å². The van der Waals surface area contributed by atoms with Crippen molar-refractivity contribution >= 4 is 10.9 Å². The van der Waals surface area contributed by atoms with Crippen LogP contribution in [0.25, 0.3) is 10.9 Å². The molecule has 3 nitrogen and oxygen atoms in total. The van der Waals surface area contributed by atoms with Gasteiger partial charge < -0.3 is 10.5 Å². The summed E-state index contributed by atoms with van der Waals surface area (Å²) in [5, 5.41) is 1.09. The van der Waals surface area contributed by atoms with Crippen molar-refractivity contribution in [1.82, 2.24) is 4.98 Å². The van der Waals surface area contributed by atoms with Gasteiger partial charge in [-0.15, -0.1) is 0 Å². The SMILES string of the molecule is Cc1ccc2cc(OC(C)CN)ccc2n1. The van der Waals surface area contributed by atoms with Crippen molar-refractivity contribution in [3.05, 3.63) is 36.0 Å². The lowest BCUT2D eigenvalue weighted by atomic mass is 10.2. The Morgan fingerprint density at radius 3 is 2.88 bits per heavy atom. The molecule has 2 rings (SSSR count). The van der Waals surface area contributed by atoms with E-state index >= 15 is 0 Å². The summed E-state index contributed by atoms with van der Waals surface area (Å²) in [7, 11) is 0. The van der Waals surface area contributed by atoms with Gasteiger partial charge in [-0.25, -0.2) is 0 Å². The fourth-order valence-corrected chi connectivity index (χ4v) is 1.56. The number of nitrogens with two attached hydrogens (primary N) is 1. The van der Waals surface area contributed by atoms with E-state index in [4.69, 9.17) is 10.5 Å². The molecule has 2 N–H and O–H groups in total. The van der Waals surface area contributed by atoms with Crippen LogP contribution in [0.1, 0.15) is 12.6 Å². The normalized spacial score (nSPS) is 12.7. The van der Waals surface area contributed by atoms with Gasteiger partial charge in [-0.1, -0.05) is 6.07 Å². The number of hydrogen-bond acceptors (Lipinski definition) is 3. The van der Waals surface area contributed by atoms with Crippen LogP contribution in [-0.4, -0.2) is 17.6 Å². The Kier molecular flexibility index (Phi) is 3.06. The predicted molar refractivity (Wildman–Crippen MR) is 65.6 cm³/mol. The minimum absolute atomic E-state index is 0.0378. The smallest absolute Gasteiger partial charge is 0.120 e. The van der Waals surface area contributed by atoms with Crippen LogP contribution in [0.2, 0.25) is 0 Å². The Bertz CT molecular complexity index is 496. The summed E-state index contributed by atoms with van der Waals surface area (Å²) in [4.78, 5) is 4.44. The lowest BCUT2D eigenvalue weighted by Crippen LogP contribution is -2.22. The highest BCUT2D eigenvalue weighted by atomic mass is 16.5. The second-order valence-electron chi connectivity index (χ2n) is 3.97. The van der Waals surface area contributed by atoms with Crippen LogP contribution in [-0.2, 0) is 0 Å². The Morgan fingerprint density at radius 1 is 1.31 bits per heavy atom. The van der Waals surface area contributed by atoms with E-state index in [2.05, 4.69) is 11.1 Å². The largest absolute Gasteiger partial charge is 0.489 e. The third-order valence-electron chi connectivity index (χ3n) is 2.47. The third kappa shape index (κ3) is 2.31. The molecule has 0 radical (unpaired) electrons. The minimum Gasteiger partial charge on any atom is -0.489 e. The fourth-order valence-electron chi connectivity index (χ4n) is 1.56. The second-order valence-corrected chi connectivity index (χ2v) is 3.97. The molecule has 84 valence electrons. The van der Waals surface area contributed by atoms with E-state index < -0.39 is 0 Å².